The monoisotopic (exact) mass is 275 g/mol. The summed E-state index contributed by atoms with van der Waals surface area (Å²) in [5.41, 5.74) is 1.03. The van der Waals surface area contributed by atoms with E-state index in [1.807, 2.05) is 30.3 Å². The zero-order chi connectivity index (χ0) is 14.4. The van der Waals surface area contributed by atoms with Crippen molar-refractivity contribution in [3.8, 4) is 0 Å². The molecule has 0 atom stereocenters. The second kappa shape index (κ2) is 7.08. The van der Waals surface area contributed by atoms with Crippen LogP contribution in [0.15, 0.2) is 30.3 Å². The predicted octanol–water partition coefficient (Wildman–Crippen LogP) is 2.38. The zero-order valence-electron chi connectivity index (χ0n) is 11.9. The summed E-state index contributed by atoms with van der Waals surface area (Å²) in [4.78, 5) is 25.7. The molecule has 1 amide bonds. The van der Waals surface area contributed by atoms with Gasteiger partial charge in [-0.25, -0.2) is 0 Å². The predicted molar refractivity (Wildman–Crippen MR) is 75.8 cm³/mol. The van der Waals surface area contributed by atoms with Crippen molar-refractivity contribution in [1.82, 2.24) is 4.90 Å². The van der Waals surface area contributed by atoms with Gasteiger partial charge in [-0.1, -0.05) is 36.8 Å². The first kappa shape index (κ1) is 14.6. The van der Waals surface area contributed by atoms with Crippen molar-refractivity contribution in [1.29, 1.82) is 0 Å². The number of carbonyl (C=O) groups is 2. The molecule has 0 heterocycles. The maximum absolute atomic E-state index is 12.4. The largest absolute Gasteiger partial charge is 0.465 e. The molecule has 1 saturated carbocycles. The quantitative estimate of drug-likeness (QED) is 0.749. The Morgan fingerprint density at radius 2 is 1.95 bits per heavy atom. The number of rotatable bonds is 6. The molecular weight excluding hydrogens is 254 g/mol. The van der Waals surface area contributed by atoms with E-state index in [1.165, 1.54) is 0 Å². The van der Waals surface area contributed by atoms with Gasteiger partial charge in [0.05, 0.1) is 6.61 Å². The summed E-state index contributed by atoms with van der Waals surface area (Å²) in [6, 6.07) is 9.74. The molecule has 0 N–H and O–H groups in total. The van der Waals surface area contributed by atoms with Gasteiger partial charge in [-0.15, -0.1) is 0 Å². The molecule has 0 bridgehead atoms. The molecule has 0 saturated heterocycles. The van der Waals surface area contributed by atoms with Crippen molar-refractivity contribution < 1.29 is 14.3 Å². The maximum Gasteiger partial charge on any atom is 0.325 e. The van der Waals surface area contributed by atoms with Crippen molar-refractivity contribution in [2.75, 3.05) is 13.2 Å². The summed E-state index contributed by atoms with van der Waals surface area (Å²) in [6.07, 6.45) is 2.98. The van der Waals surface area contributed by atoms with Crippen LogP contribution in [0.1, 0.15) is 31.7 Å². The van der Waals surface area contributed by atoms with Crippen LogP contribution in [0.2, 0.25) is 0 Å². The van der Waals surface area contributed by atoms with E-state index in [-0.39, 0.29) is 24.3 Å². The summed E-state index contributed by atoms with van der Waals surface area (Å²) in [5, 5.41) is 0. The van der Waals surface area contributed by atoms with Gasteiger partial charge in [-0.2, -0.15) is 0 Å². The summed E-state index contributed by atoms with van der Waals surface area (Å²) < 4.78 is 4.96. The molecule has 20 heavy (non-hydrogen) atoms. The molecule has 4 nitrogen and oxygen atoms in total. The highest BCUT2D eigenvalue weighted by atomic mass is 16.5. The van der Waals surface area contributed by atoms with Crippen LogP contribution in [0, 0.1) is 5.92 Å². The number of amides is 1. The average molecular weight is 275 g/mol. The van der Waals surface area contributed by atoms with Crippen LogP contribution in [-0.2, 0) is 20.9 Å². The fourth-order valence-electron chi connectivity index (χ4n) is 2.29. The van der Waals surface area contributed by atoms with Gasteiger partial charge in [0.1, 0.15) is 6.54 Å². The number of benzene rings is 1. The second-order valence-corrected chi connectivity index (χ2v) is 5.11. The molecule has 4 heteroatoms. The number of ether oxygens (including phenoxy) is 1. The van der Waals surface area contributed by atoms with Crippen LogP contribution >= 0.6 is 0 Å². The Labute approximate surface area is 119 Å². The SMILES string of the molecule is CCOC(=O)CN(Cc1ccccc1)C(=O)C1CCC1. The van der Waals surface area contributed by atoms with E-state index in [0.29, 0.717) is 13.2 Å². The maximum atomic E-state index is 12.4. The van der Waals surface area contributed by atoms with Gasteiger partial charge in [0.15, 0.2) is 0 Å². The van der Waals surface area contributed by atoms with E-state index in [4.69, 9.17) is 4.74 Å². The Kier molecular flexibility index (Phi) is 5.16. The molecule has 1 aliphatic rings. The highest BCUT2D eigenvalue weighted by Gasteiger charge is 2.30. The Morgan fingerprint density at radius 3 is 2.50 bits per heavy atom. The van der Waals surface area contributed by atoms with E-state index < -0.39 is 0 Å². The first-order valence-corrected chi connectivity index (χ1v) is 7.19. The summed E-state index contributed by atoms with van der Waals surface area (Å²) >= 11 is 0. The first-order chi connectivity index (χ1) is 9.70. The fraction of sp³-hybridized carbons (Fsp3) is 0.500. The average Bonchev–Trinajstić information content (AvgIpc) is 2.37. The van der Waals surface area contributed by atoms with Crippen LogP contribution in [0.4, 0.5) is 0 Å². The third-order valence-corrected chi connectivity index (χ3v) is 3.61. The van der Waals surface area contributed by atoms with Crippen LogP contribution < -0.4 is 0 Å². The molecule has 1 fully saturated rings. The van der Waals surface area contributed by atoms with Crippen LogP contribution in [0.5, 0.6) is 0 Å². The number of hydrogen-bond donors (Lipinski definition) is 0. The van der Waals surface area contributed by atoms with E-state index in [0.717, 1.165) is 24.8 Å². The third-order valence-electron chi connectivity index (χ3n) is 3.61. The smallest absolute Gasteiger partial charge is 0.325 e. The Balaban J connectivity index is 2.02. The number of carbonyl (C=O) groups excluding carboxylic acids is 2. The minimum atomic E-state index is -0.337. The summed E-state index contributed by atoms with van der Waals surface area (Å²) in [5.74, 6) is -0.169. The van der Waals surface area contributed by atoms with Gasteiger partial charge >= 0.3 is 5.97 Å². The highest BCUT2D eigenvalue weighted by Crippen LogP contribution is 2.28. The van der Waals surface area contributed by atoms with E-state index in [9.17, 15) is 9.59 Å². The van der Waals surface area contributed by atoms with Gasteiger partial charge in [0, 0.05) is 12.5 Å². The zero-order valence-corrected chi connectivity index (χ0v) is 11.9. The molecule has 1 aromatic carbocycles. The Bertz CT molecular complexity index is 454. The molecule has 1 aliphatic carbocycles. The lowest BCUT2D eigenvalue weighted by atomic mass is 9.84. The van der Waals surface area contributed by atoms with Crippen molar-refractivity contribution in [2.24, 2.45) is 5.92 Å². The molecule has 0 unspecified atom stereocenters. The van der Waals surface area contributed by atoms with Crippen LogP contribution in [0.3, 0.4) is 0 Å². The molecular formula is C16H21NO3. The van der Waals surface area contributed by atoms with E-state index in [1.54, 1.807) is 11.8 Å². The minimum absolute atomic E-state index is 0.0397. The molecule has 1 aromatic rings. The van der Waals surface area contributed by atoms with E-state index >= 15 is 0 Å². The van der Waals surface area contributed by atoms with Crippen molar-refractivity contribution >= 4 is 11.9 Å². The molecule has 0 spiro atoms. The van der Waals surface area contributed by atoms with Crippen LogP contribution in [0.25, 0.3) is 0 Å². The fourth-order valence-corrected chi connectivity index (χ4v) is 2.29. The standard InChI is InChI=1S/C16H21NO3/c1-2-20-15(18)12-17(16(19)14-9-6-10-14)11-13-7-4-3-5-8-13/h3-5,7-8,14H,2,6,9-12H2,1H3. The molecule has 0 aromatic heterocycles. The van der Waals surface area contributed by atoms with Gasteiger partial charge < -0.3 is 9.64 Å². The third kappa shape index (κ3) is 3.83. The first-order valence-electron chi connectivity index (χ1n) is 7.19. The summed E-state index contributed by atoms with van der Waals surface area (Å²) in [6.45, 7) is 2.62. The second-order valence-electron chi connectivity index (χ2n) is 5.11. The molecule has 2 rings (SSSR count). The number of hydrogen-bond acceptors (Lipinski definition) is 3. The van der Waals surface area contributed by atoms with Gasteiger partial charge in [-0.05, 0) is 25.3 Å². The molecule has 0 aliphatic heterocycles. The van der Waals surface area contributed by atoms with Crippen molar-refractivity contribution in [3.63, 3.8) is 0 Å². The Morgan fingerprint density at radius 1 is 1.25 bits per heavy atom. The van der Waals surface area contributed by atoms with Crippen molar-refractivity contribution in [3.05, 3.63) is 35.9 Å². The Hall–Kier alpha value is -1.84. The highest BCUT2D eigenvalue weighted by molar-refractivity contribution is 5.84. The van der Waals surface area contributed by atoms with Gasteiger partial charge in [0.25, 0.3) is 0 Å². The lowest BCUT2D eigenvalue weighted by Gasteiger charge is -2.31. The van der Waals surface area contributed by atoms with Crippen molar-refractivity contribution in [2.45, 2.75) is 32.7 Å². The lowest BCUT2D eigenvalue weighted by Crippen LogP contribution is -2.41. The van der Waals surface area contributed by atoms with Gasteiger partial charge in [0.2, 0.25) is 5.91 Å². The van der Waals surface area contributed by atoms with Gasteiger partial charge in [-0.3, -0.25) is 9.59 Å². The molecule has 108 valence electrons. The number of nitrogens with zero attached hydrogens (tertiary/aromatic N) is 1. The van der Waals surface area contributed by atoms with E-state index in [2.05, 4.69) is 0 Å². The normalized spacial score (nSPS) is 14.4. The minimum Gasteiger partial charge on any atom is -0.465 e. The van der Waals surface area contributed by atoms with Crippen LogP contribution in [-0.4, -0.2) is 29.9 Å². The molecule has 0 radical (unpaired) electrons. The number of esters is 1. The lowest BCUT2D eigenvalue weighted by molar-refractivity contribution is -0.151. The summed E-state index contributed by atoms with van der Waals surface area (Å²) in [7, 11) is 0. The topological polar surface area (TPSA) is 46.6 Å².